The number of nitrogens with zero attached hydrogens (tertiary/aromatic N) is 1. The van der Waals surface area contributed by atoms with E-state index in [-0.39, 0.29) is 12.5 Å². The zero-order chi connectivity index (χ0) is 16.3. The summed E-state index contributed by atoms with van der Waals surface area (Å²) in [4.78, 5) is 15.1. The Bertz CT molecular complexity index is 569. The van der Waals surface area contributed by atoms with E-state index in [0.29, 0.717) is 11.5 Å². The Morgan fingerprint density at radius 2 is 2.04 bits per heavy atom. The van der Waals surface area contributed by atoms with E-state index in [0.717, 1.165) is 32.5 Å². The molecule has 0 saturated carbocycles. The van der Waals surface area contributed by atoms with E-state index in [9.17, 15) is 9.90 Å². The monoisotopic (exact) mass is 425 g/mol. The molecule has 3 aliphatic heterocycles. The summed E-state index contributed by atoms with van der Waals surface area (Å²) in [7, 11) is 0. The summed E-state index contributed by atoms with van der Waals surface area (Å²) < 4.78 is 7.59. The van der Waals surface area contributed by atoms with Crippen LogP contribution in [0, 0.1) is 5.92 Å². The SMILES string of the molecule is O=C(O[C@H]1CN2CCC1CC2)[C@@](O)(C/C=C\[125I])c1ccccc1. The van der Waals surface area contributed by atoms with Crippen LogP contribution >= 0.6 is 22.6 Å². The molecule has 3 heterocycles. The lowest BCUT2D eigenvalue weighted by Crippen LogP contribution is -2.53. The van der Waals surface area contributed by atoms with Crippen molar-refractivity contribution in [2.24, 2.45) is 5.92 Å². The quantitative estimate of drug-likeness (QED) is 0.583. The molecular weight excluding hydrogens is 403 g/mol. The number of esters is 1. The molecule has 4 rings (SSSR count). The van der Waals surface area contributed by atoms with Crippen LogP contribution < -0.4 is 0 Å². The second-order valence-corrected chi connectivity index (χ2v) is 7.09. The molecule has 0 amide bonds. The maximum Gasteiger partial charge on any atom is 0.343 e. The van der Waals surface area contributed by atoms with Gasteiger partial charge in [0.25, 0.3) is 0 Å². The van der Waals surface area contributed by atoms with Gasteiger partial charge in [-0.15, -0.1) is 0 Å². The Labute approximate surface area is 150 Å². The second-order valence-electron chi connectivity index (χ2n) is 6.37. The van der Waals surface area contributed by atoms with Crippen molar-refractivity contribution in [1.82, 2.24) is 4.90 Å². The largest absolute Gasteiger partial charge is 0.458 e. The normalized spacial score (nSPS) is 29.4. The highest BCUT2D eigenvalue weighted by Gasteiger charge is 2.43. The summed E-state index contributed by atoms with van der Waals surface area (Å²) in [6.07, 6.45) is 4.08. The van der Waals surface area contributed by atoms with Crippen molar-refractivity contribution in [3.05, 3.63) is 46.1 Å². The third-order valence-electron chi connectivity index (χ3n) is 4.95. The Balaban J connectivity index is 1.78. The Morgan fingerprint density at radius 3 is 2.61 bits per heavy atom. The summed E-state index contributed by atoms with van der Waals surface area (Å²) in [6, 6.07) is 9.08. The van der Waals surface area contributed by atoms with E-state index in [1.54, 1.807) is 18.2 Å². The average Bonchev–Trinajstić information content (AvgIpc) is 2.61. The maximum atomic E-state index is 12.8. The first-order valence-electron chi connectivity index (χ1n) is 8.10. The molecule has 0 spiro atoms. The van der Waals surface area contributed by atoms with Crippen LogP contribution in [0.15, 0.2) is 40.5 Å². The zero-order valence-electron chi connectivity index (χ0n) is 13.0. The van der Waals surface area contributed by atoms with Crippen molar-refractivity contribution in [3.63, 3.8) is 0 Å². The fourth-order valence-electron chi connectivity index (χ4n) is 3.53. The molecule has 2 atom stereocenters. The van der Waals surface area contributed by atoms with Crippen molar-refractivity contribution in [2.45, 2.75) is 31.0 Å². The lowest BCUT2D eigenvalue weighted by Gasteiger charge is -2.44. The highest BCUT2D eigenvalue weighted by atomic mass is 125. The van der Waals surface area contributed by atoms with Crippen molar-refractivity contribution in [3.8, 4) is 0 Å². The van der Waals surface area contributed by atoms with E-state index in [2.05, 4.69) is 27.5 Å². The number of carbonyl (C=O) groups is 1. The van der Waals surface area contributed by atoms with E-state index < -0.39 is 11.6 Å². The summed E-state index contributed by atoms with van der Waals surface area (Å²) in [5, 5.41) is 11.0. The number of halogens is 1. The van der Waals surface area contributed by atoms with Gasteiger partial charge in [-0.25, -0.2) is 4.79 Å². The average molecular weight is 425 g/mol. The van der Waals surface area contributed by atoms with Crippen LogP contribution in [0.1, 0.15) is 24.8 Å². The summed E-state index contributed by atoms with van der Waals surface area (Å²) in [5.41, 5.74) is -1.03. The van der Waals surface area contributed by atoms with Crippen LogP contribution in [0.2, 0.25) is 0 Å². The summed E-state index contributed by atoms with van der Waals surface area (Å²) in [6.45, 7) is 2.99. The molecule has 4 nitrogen and oxygen atoms in total. The van der Waals surface area contributed by atoms with Gasteiger partial charge in [-0.05, 0) is 41.5 Å². The standard InChI is InChI=1S/C18H22INO3/c19-10-4-9-18(22,15-5-2-1-3-6-15)17(21)23-16-13-20-11-7-14(16)8-12-20/h1-6,10,14,16,22H,7-9,11-13H2/b10-4-/t16-,18+/m0/s1/i19-2. The molecule has 1 aromatic carbocycles. The van der Waals surface area contributed by atoms with Gasteiger partial charge in [0, 0.05) is 13.0 Å². The van der Waals surface area contributed by atoms with E-state index in [1.807, 2.05) is 22.3 Å². The van der Waals surface area contributed by atoms with E-state index >= 15 is 0 Å². The van der Waals surface area contributed by atoms with Gasteiger partial charge in [-0.3, -0.25) is 4.90 Å². The lowest BCUT2D eigenvalue weighted by atomic mass is 9.85. The molecule has 0 unspecified atom stereocenters. The number of benzene rings is 1. The first kappa shape index (κ1) is 16.9. The highest BCUT2D eigenvalue weighted by molar-refractivity contribution is 14.1. The van der Waals surface area contributed by atoms with E-state index in [4.69, 9.17) is 4.74 Å². The molecule has 0 radical (unpaired) electrons. The molecule has 23 heavy (non-hydrogen) atoms. The third kappa shape index (κ3) is 3.61. The number of fused-ring (bicyclic) bond motifs is 3. The molecule has 0 aromatic heterocycles. The topological polar surface area (TPSA) is 49.8 Å². The molecule has 1 aromatic rings. The molecule has 3 aliphatic rings. The Hall–Kier alpha value is -0.920. The highest BCUT2D eigenvalue weighted by Crippen LogP contribution is 2.33. The van der Waals surface area contributed by atoms with Crippen molar-refractivity contribution in [1.29, 1.82) is 0 Å². The molecule has 3 fully saturated rings. The van der Waals surface area contributed by atoms with Gasteiger partial charge in [0.05, 0.1) is 0 Å². The Morgan fingerprint density at radius 1 is 1.35 bits per heavy atom. The molecule has 3 saturated heterocycles. The maximum absolute atomic E-state index is 12.8. The molecule has 1 N–H and O–H groups in total. The predicted octanol–water partition coefficient (Wildman–Crippen LogP) is 2.85. The molecule has 5 heteroatoms. The lowest BCUT2D eigenvalue weighted by molar-refractivity contribution is -0.181. The van der Waals surface area contributed by atoms with Crippen molar-refractivity contribution < 1.29 is 14.6 Å². The van der Waals surface area contributed by atoms with Crippen molar-refractivity contribution >= 4 is 28.6 Å². The third-order valence-corrected chi connectivity index (χ3v) is 5.45. The predicted molar refractivity (Wildman–Crippen MR) is 97.2 cm³/mol. The minimum Gasteiger partial charge on any atom is -0.458 e. The van der Waals surface area contributed by atoms with Gasteiger partial charge in [0.2, 0.25) is 0 Å². The van der Waals surface area contributed by atoms with Crippen LogP contribution in [0.4, 0.5) is 0 Å². The van der Waals surface area contributed by atoms with Crippen LogP contribution in [-0.4, -0.2) is 41.7 Å². The van der Waals surface area contributed by atoms with Crippen LogP contribution in [0.5, 0.6) is 0 Å². The molecule has 0 aliphatic carbocycles. The number of ether oxygens (including phenoxy) is 1. The number of hydrogen-bond donors (Lipinski definition) is 1. The Kier molecular flexibility index (Phi) is 5.38. The number of piperidine rings is 3. The number of carbonyl (C=O) groups excluding carboxylic acids is 1. The first-order chi connectivity index (χ1) is 11.1. The van der Waals surface area contributed by atoms with Crippen LogP contribution in [0.25, 0.3) is 0 Å². The van der Waals surface area contributed by atoms with Gasteiger partial charge in [0.15, 0.2) is 5.60 Å². The van der Waals surface area contributed by atoms with Gasteiger partial charge >= 0.3 is 5.97 Å². The fourth-order valence-corrected chi connectivity index (χ4v) is 3.78. The molecule has 2 bridgehead atoms. The van der Waals surface area contributed by atoms with Crippen LogP contribution in [0.3, 0.4) is 0 Å². The van der Waals surface area contributed by atoms with Crippen molar-refractivity contribution in [2.75, 3.05) is 19.6 Å². The number of hydrogen-bond acceptors (Lipinski definition) is 4. The summed E-state index contributed by atoms with van der Waals surface area (Å²) >= 11 is 2.09. The minimum atomic E-state index is -1.62. The number of rotatable bonds is 5. The van der Waals surface area contributed by atoms with Gasteiger partial charge in [-0.1, -0.05) is 59.0 Å². The van der Waals surface area contributed by atoms with Gasteiger partial charge in [0.1, 0.15) is 6.10 Å². The smallest absolute Gasteiger partial charge is 0.343 e. The zero-order valence-corrected chi connectivity index (χ0v) is 15.2. The molecular formula is C18H22INO3. The van der Waals surface area contributed by atoms with Crippen LogP contribution in [-0.2, 0) is 15.1 Å². The van der Waals surface area contributed by atoms with E-state index in [1.165, 1.54) is 0 Å². The number of aliphatic hydroxyl groups is 1. The first-order valence-corrected chi connectivity index (χ1v) is 9.34. The second kappa shape index (κ2) is 7.32. The van der Waals surface area contributed by atoms with Gasteiger partial charge < -0.3 is 9.84 Å². The summed E-state index contributed by atoms with van der Waals surface area (Å²) in [5.74, 6) is -0.0963. The minimum absolute atomic E-state index is 0.0937. The van der Waals surface area contributed by atoms with Gasteiger partial charge in [-0.2, -0.15) is 0 Å². The fraction of sp³-hybridized carbons (Fsp3) is 0.500. The molecule has 124 valence electrons.